The third-order valence-corrected chi connectivity index (χ3v) is 11.4. The fourth-order valence-electron chi connectivity index (χ4n) is 6.95. The first kappa shape index (κ1) is 27.8. The molecule has 4 atom stereocenters. The number of benzene rings is 2. The molecule has 0 bridgehead atoms. The van der Waals surface area contributed by atoms with Gasteiger partial charge in [0.1, 0.15) is 0 Å². The summed E-state index contributed by atoms with van der Waals surface area (Å²) in [6.07, 6.45) is 3.08. The molecule has 2 aromatic carbocycles. The molecular weight excluding hydrogens is 538 g/mol. The smallest absolute Gasteiger partial charge is 0.264 e. The molecule has 6 rings (SSSR count). The van der Waals surface area contributed by atoms with Crippen molar-refractivity contribution in [3.05, 3.63) is 71.5 Å². The summed E-state index contributed by atoms with van der Waals surface area (Å²) in [4.78, 5) is 41.4. The Morgan fingerprint density at radius 2 is 1.88 bits per heavy atom. The Hall–Kier alpha value is -3.38. The van der Waals surface area contributed by atoms with Crippen molar-refractivity contribution in [1.29, 1.82) is 0 Å². The molecule has 0 saturated carbocycles. The van der Waals surface area contributed by atoms with Crippen molar-refractivity contribution in [3.8, 4) is 0 Å². The summed E-state index contributed by atoms with van der Waals surface area (Å²) >= 11 is 0. The Morgan fingerprint density at radius 1 is 1.12 bits per heavy atom. The van der Waals surface area contributed by atoms with Crippen LogP contribution in [0, 0.1) is 5.92 Å². The largest absolute Gasteiger partial charge is 0.432 e. The minimum atomic E-state index is -2.76. The predicted molar refractivity (Wildman–Crippen MR) is 156 cm³/mol. The van der Waals surface area contributed by atoms with E-state index in [-0.39, 0.29) is 36.0 Å². The van der Waals surface area contributed by atoms with Crippen LogP contribution < -0.4 is 9.80 Å². The van der Waals surface area contributed by atoms with Gasteiger partial charge in [0.2, 0.25) is 5.91 Å². The number of aromatic nitrogens is 3. The first-order chi connectivity index (χ1) is 19.6. The normalized spacial score (nSPS) is 25.7. The third kappa shape index (κ3) is 4.70. The molecule has 2 fully saturated rings. The number of rotatable bonds is 9. The number of hydrogen-bond donors (Lipinski definition) is 2. The molecule has 216 valence electrons. The Kier molecular flexibility index (Phi) is 7.09. The van der Waals surface area contributed by atoms with Crippen molar-refractivity contribution >= 4 is 31.5 Å². The third-order valence-electron chi connectivity index (χ3n) is 8.93. The van der Waals surface area contributed by atoms with E-state index in [4.69, 9.17) is 4.74 Å². The number of β-lactam (4-membered cyclic amide) rings is 1. The number of nitrogens with zero attached hydrogens (tertiary/aromatic N) is 5. The molecule has 2 saturated heterocycles. The van der Waals surface area contributed by atoms with E-state index < -0.39 is 13.9 Å². The highest BCUT2D eigenvalue weighted by molar-refractivity contribution is 6.71. The molecule has 2 N–H and O–H groups in total. The molecule has 4 heterocycles. The number of para-hydroxylation sites is 1. The standard InChI is InChI=1S/C30H37N5O5Si/c1-20-28(41(2,3)39)26(12-15-33-19-22(14-17-36)31-32-33)40-30(20)24-6-4-5-7-25(24)35(29(30)38)18-21-8-10-23(11-9-21)34-16-13-27(34)37/h4-11,19-20,26,28,36,39H,12-18H2,1-3H3/t20-,26+,28-,30+/m0/s1. The molecule has 3 aliphatic rings. The Morgan fingerprint density at radius 3 is 2.54 bits per heavy atom. The van der Waals surface area contributed by atoms with Gasteiger partial charge in [0.25, 0.3) is 5.91 Å². The summed E-state index contributed by atoms with van der Waals surface area (Å²) in [5.41, 5.74) is 2.87. The minimum absolute atomic E-state index is 0.0110. The van der Waals surface area contributed by atoms with Crippen molar-refractivity contribution in [2.45, 2.75) is 69.6 Å². The van der Waals surface area contributed by atoms with Crippen LogP contribution in [0.2, 0.25) is 18.6 Å². The van der Waals surface area contributed by atoms with Gasteiger partial charge in [-0.3, -0.25) is 14.3 Å². The van der Waals surface area contributed by atoms with Crippen LogP contribution in [0.1, 0.15) is 36.6 Å². The highest BCUT2D eigenvalue weighted by atomic mass is 28.4. The van der Waals surface area contributed by atoms with Gasteiger partial charge in [0, 0.05) is 61.4 Å². The van der Waals surface area contributed by atoms with Crippen LogP contribution in [0.15, 0.2) is 54.7 Å². The van der Waals surface area contributed by atoms with Gasteiger partial charge in [-0.25, -0.2) is 0 Å². The topological polar surface area (TPSA) is 121 Å². The molecule has 10 nitrogen and oxygen atoms in total. The van der Waals surface area contributed by atoms with Gasteiger partial charge < -0.3 is 24.4 Å². The zero-order valence-corrected chi connectivity index (χ0v) is 24.7. The molecule has 2 amide bonds. The van der Waals surface area contributed by atoms with Gasteiger partial charge >= 0.3 is 0 Å². The Balaban J connectivity index is 1.28. The number of aliphatic hydroxyl groups excluding tert-OH is 1. The van der Waals surface area contributed by atoms with Crippen molar-refractivity contribution in [2.24, 2.45) is 5.92 Å². The number of amides is 2. The maximum absolute atomic E-state index is 14.5. The number of aryl methyl sites for hydroxylation is 1. The maximum atomic E-state index is 14.5. The summed E-state index contributed by atoms with van der Waals surface area (Å²) in [5.74, 6) is -0.215. The lowest BCUT2D eigenvalue weighted by molar-refractivity contribution is -0.146. The number of aliphatic hydroxyl groups is 1. The van der Waals surface area contributed by atoms with E-state index in [0.29, 0.717) is 32.4 Å². The number of fused-ring (bicyclic) bond motifs is 2. The fourth-order valence-corrected chi connectivity index (χ4v) is 9.55. The quantitative estimate of drug-likeness (QED) is 0.297. The van der Waals surface area contributed by atoms with Gasteiger partial charge in [-0.05, 0) is 43.3 Å². The molecule has 3 aliphatic heterocycles. The van der Waals surface area contributed by atoms with Crippen molar-refractivity contribution < 1.29 is 24.2 Å². The summed E-state index contributed by atoms with van der Waals surface area (Å²) in [6, 6.07) is 15.6. The van der Waals surface area contributed by atoms with Gasteiger partial charge in [0.05, 0.1) is 24.0 Å². The molecule has 0 radical (unpaired) electrons. The second-order valence-electron chi connectivity index (χ2n) is 12.0. The van der Waals surface area contributed by atoms with Crippen LogP contribution in [0.4, 0.5) is 11.4 Å². The van der Waals surface area contributed by atoms with E-state index in [2.05, 4.69) is 10.3 Å². The lowest BCUT2D eigenvalue weighted by Gasteiger charge is -2.32. The molecule has 3 aromatic rings. The van der Waals surface area contributed by atoms with E-state index in [0.717, 1.165) is 34.7 Å². The van der Waals surface area contributed by atoms with Gasteiger partial charge in [-0.15, -0.1) is 5.10 Å². The summed E-state index contributed by atoms with van der Waals surface area (Å²) < 4.78 is 8.60. The molecule has 1 spiro atoms. The average Bonchev–Trinajstić information content (AvgIpc) is 3.58. The van der Waals surface area contributed by atoms with E-state index in [9.17, 15) is 19.5 Å². The molecular formula is C30H37N5O5Si. The zero-order valence-electron chi connectivity index (χ0n) is 23.7. The van der Waals surface area contributed by atoms with Crippen molar-refractivity contribution in [2.75, 3.05) is 23.0 Å². The fraction of sp³-hybridized carbons (Fsp3) is 0.467. The zero-order chi connectivity index (χ0) is 28.9. The van der Waals surface area contributed by atoms with E-state index >= 15 is 0 Å². The summed E-state index contributed by atoms with van der Waals surface area (Å²) in [5, 5.41) is 17.5. The van der Waals surface area contributed by atoms with E-state index in [1.807, 2.05) is 74.7 Å². The first-order valence-electron chi connectivity index (χ1n) is 14.3. The van der Waals surface area contributed by atoms with Gasteiger partial charge in [-0.1, -0.05) is 42.5 Å². The number of carbonyl (C=O) groups is 2. The van der Waals surface area contributed by atoms with Crippen LogP contribution in [-0.2, 0) is 39.4 Å². The van der Waals surface area contributed by atoms with Crippen LogP contribution in [-0.4, -0.2) is 64.3 Å². The average molecular weight is 576 g/mol. The minimum Gasteiger partial charge on any atom is -0.432 e. The van der Waals surface area contributed by atoms with E-state index in [1.165, 1.54) is 0 Å². The van der Waals surface area contributed by atoms with Crippen LogP contribution in [0.25, 0.3) is 0 Å². The van der Waals surface area contributed by atoms with Crippen LogP contribution in [0.5, 0.6) is 0 Å². The first-order valence-corrected chi connectivity index (χ1v) is 17.4. The predicted octanol–water partition coefficient (Wildman–Crippen LogP) is 2.98. The second kappa shape index (κ2) is 10.5. The van der Waals surface area contributed by atoms with Crippen molar-refractivity contribution in [1.82, 2.24) is 15.0 Å². The lowest BCUT2D eigenvalue weighted by atomic mass is 9.82. The highest BCUT2D eigenvalue weighted by Crippen LogP contribution is 2.59. The van der Waals surface area contributed by atoms with E-state index in [1.54, 1.807) is 14.5 Å². The molecule has 0 unspecified atom stereocenters. The summed E-state index contributed by atoms with van der Waals surface area (Å²) in [7, 11) is -2.76. The number of ether oxygens (including phenoxy) is 1. The second-order valence-corrected chi connectivity index (χ2v) is 15.9. The maximum Gasteiger partial charge on any atom is 0.264 e. The number of hydrogen-bond acceptors (Lipinski definition) is 7. The number of anilines is 2. The Bertz CT molecular complexity index is 1450. The lowest BCUT2D eigenvalue weighted by Crippen LogP contribution is -2.46. The van der Waals surface area contributed by atoms with Crippen LogP contribution in [0.3, 0.4) is 0 Å². The van der Waals surface area contributed by atoms with Crippen LogP contribution >= 0.6 is 0 Å². The van der Waals surface area contributed by atoms with Gasteiger partial charge in [0.15, 0.2) is 13.9 Å². The van der Waals surface area contributed by atoms with Gasteiger partial charge in [-0.2, -0.15) is 0 Å². The molecule has 0 aliphatic carbocycles. The van der Waals surface area contributed by atoms with Crippen molar-refractivity contribution in [3.63, 3.8) is 0 Å². The number of carbonyl (C=O) groups excluding carboxylic acids is 2. The SMILES string of the molecule is C[C@H]1[C@H]([Si](C)(C)O)[C@@H](CCn2cc(CCO)nn2)O[C@]12C(=O)N(Cc1ccc(N3CCC3=O)cc1)c1ccccc12. The molecule has 1 aromatic heterocycles. The molecule has 11 heteroatoms. The molecule has 41 heavy (non-hydrogen) atoms. The Labute approximate surface area is 240 Å². The highest BCUT2D eigenvalue weighted by Gasteiger charge is 2.66. The summed E-state index contributed by atoms with van der Waals surface area (Å²) in [6.45, 7) is 7.54. The monoisotopic (exact) mass is 575 g/mol.